The Morgan fingerprint density at radius 2 is 0.729 bits per heavy atom. The van der Waals surface area contributed by atoms with Crippen LogP contribution < -0.4 is 4.90 Å². The molecule has 14 rings (SSSR count). The van der Waals surface area contributed by atoms with Crippen LogP contribution in [0.3, 0.4) is 0 Å². The van der Waals surface area contributed by atoms with Crippen LogP contribution in [0.4, 0.5) is 17.1 Å². The van der Waals surface area contributed by atoms with Crippen molar-refractivity contribution in [2.45, 2.75) is 0 Å². The number of rotatable bonds is 7. The maximum atomic E-state index is 2.45. The van der Waals surface area contributed by atoms with Crippen LogP contribution in [0.2, 0.25) is 0 Å². The SMILES string of the molecule is c1ccc(-n2c3cccc(-c4cccc(N(c5ccc(-c6ccc7c(ccc8ccccc87)c6)cc5)c5ccc(-c6ccc7c(ccc8ccccc87)c6)cc5)c4)c3c3ccc4ccccc4c32)cc1. The molecule has 0 fully saturated rings. The summed E-state index contributed by atoms with van der Waals surface area (Å²) in [5.41, 5.74) is 13.9. The lowest BCUT2D eigenvalue weighted by molar-refractivity contribution is 1.19. The summed E-state index contributed by atoms with van der Waals surface area (Å²) in [7, 11) is 0. The zero-order valence-corrected chi connectivity index (χ0v) is 38.3. The standard InChI is InChI=1S/C68H44N2/c1-2-16-55(17-3-1)70-66-23-11-22-63(67(66)65-41-32-49-14-6-9-21-64(49)68(65)70)52-15-10-18-58(44-52)69(56-35-28-45(29-36-56)50-33-39-61-53(42-50)26-24-47-12-4-7-19-59(47)61)57-37-30-46(31-38-57)51-34-40-62-54(43-51)27-25-48-13-5-8-20-60(48)62/h1-44H. The summed E-state index contributed by atoms with van der Waals surface area (Å²) in [6.07, 6.45) is 0. The van der Waals surface area contributed by atoms with Gasteiger partial charge in [-0.25, -0.2) is 0 Å². The van der Waals surface area contributed by atoms with Crippen LogP contribution in [-0.2, 0) is 0 Å². The fraction of sp³-hybridized carbons (Fsp3) is 0. The van der Waals surface area contributed by atoms with Gasteiger partial charge in [-0.1, -0.05) is 200 Å². The van der Waals surface area contributed by atoms with Crippen LogP contribution in [0.1, 0.15) is 0 Å². The molecule has 1 aromatic heterocycles. The highest BCUT2D eigenvalue weighted by atomic mass is 15.1. The highest BCUT2D eigenvalue weighted by Gasteiger charge is 2.20. The topological polar surface area (TPSA) is 8.17 Å². The lowest BCUT2D eigenvalue weighted by atomic mass is 9.96. The van der Waals surface area contributed by atoms with Crippen molar-refractivity contribution in [3.8, 4) is 39.1 Å². The number of fused-ring (bicyclic) bond motifs is 11. The average Bonchev–Trinajstić information content (AvgIpc) is 3.79. The molecule has 0 atom stereocenters. The third-order valence-corrected chi connectivity index (χ3v) is 14.5. The molecule has 14 aromatic rings. The molecule has 0 amide bonds. The first-order valence-electron chi connectivity index (χ1n) is 24.2. The predicted octanol–water partition coefficient (Wildman–Crippen LogP) is 19.0. The number of para-hydroxylation sites is 1. The average molecular weight is 889 g/mol. The molecule has 0 bridgehead atoms. The Labute approximate surface area is 406 Å². The number of hydrogen-bond donors (Lipinski definition) is 0. The monoisotopic (exact) mass is 888 g/mol. The molecule has 0 radical (unpaired) electrons. The second-order valence-electron chi connectivity index (χ2n) is 18.5. The fourth-order valence-corrected chi connectivity index (χ4v) is 11.2. The Balaban J connectivity index is 0.901. The van der Waals surface area contributed by atoms with E-state index < -0.39 is 0 Å². The van der Waals surface area contributed by atoms with Gasteiger partial charge in [0.05, 0.1) is 11.0 Å². The highest BCUT2D eigenvalue weighted by molar-refractivity contribution is 6.22. The largest absolute Gasteiger partial charge is 0.310 e. The van der Waals surface area contributed by atoms with Gasteiger partial charge in [0.2, 0.25) is 0 Å². The molecule has 0 aliphatic carbocycles. The Kier molecular flexibility index (Phi) is 9.25. The molecule has 1 heterocycles. The van der Waals surface area contributed by atoms with E-state index in [1.54, 1.807) is 0 Å². The molecule has 0 unspecified atom stereocenters. The Hall–Kier alpha value is -9.24. The summed E-state index contributed by atoms with van der Waals surface area (Å²) in [6.45, 7) is 0. The summed E-state index contributed by atoms with van der Waals surface area (Å²) in [5, 5.41) is 15.1. The number of benzene rings is 13. The van der Waals surface area contributed by atoms with Crippen molar-refractivity contribution in [2.24, 2.45) is 0 Å². The maximum absolute atomic E-state index is 2.45. The molecule has 0 N–H and O–H groups in total. The minimum atomic E-state index is 1.09. The highest BCUT2D eigenvalue weighted by Crippen LogP contribution is 2.44. The van der Waals surface area contributed by atoms with Crippen LogP contribution in [0.15, 0.2) is 267 Å². The van der Waals surface area contributed by atoms with Gasteiger partial charge in [-0.2, -0.15) is 0 Å². The second kappa shape index (κ2) is 16.2. The predicted molar refractivity (Wildman–Crippen MR) is 299 cm³/mol. The molecule has 0 saturated carbocycles. The number of hydrogen-bond acceptors (Lipinski definition) is 1. The molecule has 2 heteroatoms. The Bertz CT molecular complexity index is 4170. The van der Waals surface area contributed by atoms with E-state index in [9.17, 15) is 0 Å². The molecule has 13 aromatic carbocycles. The van der Waals surface area contributed by atoms with Crippen LogP contribution in [0.5, 0.6) is 0 Å². The van der Waals surface area contributed by atoms with Crippen LogP contribution >= 0.6 is 0 Å². The van der Waals surface area contributed by atoms with E-state index in [0.29, 0.717) is 0 Å². The number of aromatic nitrogens is 1. The van der Waals surface area contributed by atoms with E-state index >= 15 is 0 Å². The van der Waals surface area contributed by atoms with Crippen molar-refractivity contribution in [2.75, 3.05) is 4.90 Å². The third kappa shape index (κ3) is 6.57. The molecular formula is C68H44N2. The Morgan fingerprint density at radius 3 is 1.34 bits per heavy atom. The zero-order chi connectivity index (χ0) is 46.1. The van der Waals surface area contributed by atoms with Gasteiger partial charge in [0.1, 0.15) is 0 Å². The van der Waals surface area contributed by atoms with Gasteiger partial charge >= 0.3 is 0 Å². The molecule has 0 spiro atoms. The van der Waals surface area contributed by atoms with Gasteiger partial charge in [-0.05, 0) is 149 Å². The summed E-state index contributed by atoms with van der Waals surface area (Å²) in [6, 6.07) is 98.1. The quantitative estimate of drug-likeness (QED) is 0.145. The summed E-state index contributed by atoms with van der Waals surface area (Å²) in [5.74, 6) is 0. The molecule has 0 aliphatic rings. The van der Waals surface area contributed by atoms with Gasteiger partial charge in [0.25, 0.3) is 0 Å². The number of anilines is 3. The fourth-order valence-electron chi connectivity index (χ4n) is 11.2. The van der Waals surface area contributed by atoms with Gasteiger partial charge in [-0.15, -0.1) is 0 Å². The molecule has 70 heavy (non-hydrogen) atoms. The van der Waals surface area contributed by atoms with Crippen molar-refractivity contribution in [1.82, 2.24) is 4.57 Å². The lowest BCUT2D eigenvalue weighted by Crippen LogP contribution is -2.10. The van der Waals surface area contributed by atoms with E-state index in [1.165, 1.54) is 103 Å². The summed E-state index contributed by atoms with van der Waals surface area (Å²) in [4.78, 5) is 2.40. The van der Waals surface area contributed by atoms with E-state index in [1.807, 2.05) is 0 Å². The van der Waals surface area contributed by atoms with Crippen molar-refractivity contribution < 1.29 is 0 Å². The van der Waals surface area contributed by atoms with E-state index in [4.69, 9.17) is 0 Å². The first-order valence-corrected chi connectivity index (χ1v) is 24.2. The van der Waals surface area contributed by atoms with Gasteiger partial charge in [-0.3, -0.25) is 0 Å². The van der Waals surface area contributed by atoms with Gasteiger partial charge in [0.15, 0.2) is 0 Å². The van der Waals surface area contributed by atoms with Gasteiger partial charge < -0.3 is 9.47 Å². The number of nitrogens with zero attached hydrogens (tertiary/aromatic N) is 2. The second-order valence-corrected chi connectivity index (χ2v) is 18.5. The van der Waals surface area contributed by atoms with Crippen LogP contribution in [0, 0.1) is 0 Å². The van der Waals surface area contributed by atoms with Crippen molar-refractivity contribution in [1.29, 1.82) is 0 Å². The minimum Gasteiger partial charge on any atom is -0.310 e. The molecule has 0 saturated heterocycles. The van der Waals surface area contributed by atoms with Crippen molar-refractivity contribution >= 4 is 92.7 Å². The molecule has 2 nitrogen and oxygen atoms in total. The van der Waals surface area contributed by atoms with Crippen molar-refractivity contribution in [3.05, 3.63) is 267 Å². The van der Waals surface area contributed by atoms with Crippen LogP contribution in [0.25, 0.3) is 115 Å². The van der Waals surface area contributed by atoms with E-state index in [-0.39, 0.29) is 0 Å². The summed E-state index contributed by atoms with van der Waals surface area (Å²) < 4.78 is 2.45. The first-order chi connectivity index (χ1) is 34.7. The lowest BCUT2D eigenvalue weighted by Gasteiger charge is -2.26. The molecular weight excluding hydrogens is 845 g/mol. The first kappa shape index (κ1) is 39.9. The summed E-state index contributed by atoms with van der Waals surface area (Å²) >= 11 is 0. The van der Waals surface area contributed by atoms with Gasteiger partial charge in [0, 0.05) is 38.9 Å². The Morgan fingerprint density at radius 1 is 0.257 bits per heavy atom. The van der Waals surface area contributed by atoms with Crippen molar-refractivity contribution in [3.63, 3.8) is 0 Å². The normalized spacial score (nSPS) is 11.7. The maximum Gasteiger partial charge on any atom is 0.0619 e. The minimum absolute atomic E-state index is 1.09. The van der Waals surface area contributed by atoms with E-state index in [0.717, 1.165) is 28.3 Å². The van der Waals surface area contributed by atoms with Crippen LogP contribution in [-0.4, -0.2) is 4.57 Å². The smallest absolute Gasteiger partial charge is 0.0619 e. The molecule has 326 valence electrons. The zero-order valence-electron chi connectivity index (χ0n) is 38.3. The van der Waals surface area contributed by atoms with E-state index in [2.05, 4.69) is 276 Å². The third-order valence-electron chi connectivity index (χ3n) is 14.5. The molecule has 0 aliphatic heterocycles.